The molecule has 0 bridgehead atoms. The molecule has 0 radical (unpaired) electrons. The summed E-state index contributed by atoms with van der Waals surface area (Å²) in [5.74, 6) is 0.211. The van der Waals surface area contributed by atoms with Gasteiger partial charge in [-0.25, -0.2) is 0 Å². The van der Waals surface area contributed by atoms with Gasteiger partial charge in [-0.15, -0.1) is 0 Å². The van der Waals surface area contributed by atoms with Gasteiger partial charge in [0.05, 0.1) is 38.1 Å². The molecule has 2 saturated heterocycles. The van der Waals surface area contributed by atoms with Gasteiger partial charge in [-0.3, -0.25) is 9.48 Å². The first-order valence-corrected chi connectivity index (χ1v) is 8.24. The van der Waals surface area contributed by atoms with Crippen LogP contribution in [0, 0.1) is 11.3 Å². The van der Waals surface area contributed by atoms with Crippen LogP contribution in [0.1, 0.15) is 15.9 Å². The topological polar surface area (TPSA) is 67.6 Å². The number of carbonyl (C=O) groups excluding carboxylic acids is 1. The summed E-state index contributed by atoms with van der Waals surface area (Å²) in [6.07, 6.45) is 3.42. The highest BCUT2D eigenvalue weighted by Gasteiger charge is 2.51. The van der Waals surface area contributed by atoms with Gasteiger partial charge in [0.25, 0.3) is 5.91 Å². The third-order valence-electron chi connectivity index (χ3n) is 5.19. The molecule has 2 aliphatic heterocycles. The highest BCUT2D eigenvalue weighted by molar-refractivity contribution is 5.94. The molecule has 1 aromatic carbocycles. The van der Waals surface area contributed by atoms with Crippen molar-refractivity contribution in [2.24, 2.45) is 11.3 Å². The molecule has 1 amide bonds. The first-order valence-electron chi connectivity index (χ1n) is 8.24. The van der Waals surface area contributed by atoms with E-state index in [2.05, 4.69) is 5.10 Å². The standard InChI is InChI=1S/C18H21N3O3/c22-12-18-11-20(9-16(18)10-24-13-18)17(23)15-6-19-21(8-15)7-14-4-2-1-3-5-14/h1-6,8,16,22H,7,9-13H2/t16-,18-/m0/s1. The summed E-state index contributed by atoms with van der Waals surface area (Å²) in [5.41, 5.74) is 1.46. The second kappa shape index (κ2) is 6.03. The Balaban J connectivity index is 1.46. The van der Waals surface area contributed by atoms with E-state index in [1.54, 1.807) is 17.1 Å². The Morgan fingerprint density at radius 1 is 1.38 bits per heavy atom. The van der Waals surface area contributed by atoms with Gasteiger partial charge in [0.15, 0.2) is 0 Å². The quantitative estimate of drug-likeness (QED) is 0.910. The molecule has 0 saturated carbocycles. The van der Waals surface area contributed by atoms with Crippen LogP contribution in [-0.2, 0) is 11.3 Å². The van der Waals surface area contributed by atoms with Crippen molar-refractivity contribution in [1.29, 1.82) is 0 Å². The van der Waals surface area contributed by atoms with Crippen molar-refractivity contribution in [3.8, 4) is 0 Å². The Morgan fingerprint density at radius 3 is 2.96 bits per heavy atom. The summed E-state index contributed by atoms with van der Waals surface area (Å²) in [7, 11) is 0. The molecule has 2 atom stereocenters. The molecule has 1 aromatic heterocycles. The lowest BCUT2D eigenvalue weighted by Gasteiger charge is -2.23. The lowest BCUT2D eigenvalue weighted by molar-refractivity contribution is 0.0631. The van der Waals surface area contributed by atoms with Gasteiger partial charge in [0.1, 0.15) is 0 Å². The van der Waals surface area contributed by atoms with Crippen molar-refractivity contribution < 1.29 is 14.6 Å². The maximum atomic E-state index is 12.8. The van der Waals surface area contributed by atoms with E-state index < -0.39 is 0 Å². The zero-order valence-electron chi connectivity index (χ0n) is 13.5. The number of fused-ring (bicyclic) bond motifs is 1. The number of amides is 1. The molecule has 4 rings (SSSR count). The monoisotopic (exact) mass is 327 g/mol. The van der Waals surface area contributed by atoms with Crippen LogP contribution in [0.4, 0.5) is 0 Å². The Morgan fingerprint density at radius 2 is 2.21 bits per heavy atom. The van der Waals surface area contributed by atoms with Crippen LogP contribution >= 0.6 is 0 Å². The van der Waals surface area contributed by atoms with E-state index in [1.165, 1.54) is 0 Å². The minimum absolute atomic E-state index is 0.0171. The molecule has 2 aromatic rings. The molecule has 6 heteroatoms. The van der Waals surface area contributed by atoms with E-state index in [1.807, 2.05) is 35.2 Å². The maximum Gasteiger partial charge on any atom is 0.257 e. The minimum Gasteiger partial charge on any atom is -0.396 e. The predicted molar refractivity (Wildman–Crippen MR) is 87.5 cm³/mol. The molecule has 126 valence electrons. The zero-order valence-corrected chi connectivity index (χ0v) is 13.5. The number of hydrogen-bond donors (Lipinski definition) is 1. The lowest BCUT2D eigenvalue weighted by atomic mass is 9.82. The molecule has 1 N–H and O–H groups in total. The van der Waals surface area contributed by atoms with Crippen molar-refractivity contribution in [1.82, 2.24) is 14.7 Å². The summed E-state index contributed by atoms with van der Waals surface area (Å²) in [4.78, 5) is 14.6. The smallest absolute Gasteiger partial charge is 0.257 e. The Bertz CT molecular complexity index is 730. The summed E-state index contributed by atoms with van der Waals surface area (Å²) in [6.45, 7) is 3.06. The van der Waals surface area contributed by atoms with E-state index in [-0.39, 0.29) is 23.8 Å². The van der Waals surface area contributed by atoms with Crippen LogP contribution in [0.15, 0.2) is 42.7 Å². The van der Waals surface area contributed by atoms with Crippen LogP contribution in [0.5, 0.6) is 0 Å². The number of rotatable bonds is 4. The number of carbonyl (C=O) groups is 1. The Hall–Kier alpha value is -2.18. The van der Waals surface area contributed by atoms with Crippen LogP contribution in [0.25, 0.3) is 0 Å². The summed E-state index contributed by atoms with van der Waals surface area (Å²) in [5, 5.41) is 14.0. The first-order chi connectivity index (χ1) is 11.7. The number of benzene rings is 1. The van der Waals surface area contributed by atoms with Gasteiger partial charge >= 0.3 is 0 Å². The third-order valence-corrected chi connectivity index (χ3v) is 5.19. The van der Waals surface area contributed by atoms with Gasteiger partial charge in [-0.2, -0.15) is 5.10 Å². The Labute approximate surface area is 140 Å². The largest absolute Gasteiger partial charge is 0.396 e. The van der Waals surface area contributed by atoms with Crippen molar-refractivity contribution in [3.05, 3.63) is 53.9 Å². The Kier molecular flexibility index (Phi) is 3.86. The molecule has 3 heterocycles. The highest BCUT2D eigenvalue weighted by Crippen LogP contribution is 2.41. The van der Waals surface area contributed by atoms with Gasteiger partial charge in [0.2, 0.25) is 0 Å². The number of hydrogen-bond acceptors (Lipinski definition) is 4. The van der Waals surface area contributed by atoms with E-state index in [4.69, 9.17) is 4.74 Å². The van der Waals surface area contributed by atoms with Crippen LogP contribution in [-0.4, -0.2) is 58.6 Å². The molecule has 0 spiro atoms. The van der Waals surface area contributed by atoms with Crippen molar-refractivity contribution >= 4 is 5.91 Å². The number of ether oxygens (including phenoxy) is 1. The molecule has 0 aliphatic carbocycles. The molecule has 2 aliphatic rings. The molecular formula is C18H21N3O3. The molecular weight excluding hydrogens is 306 g/mol. The number of aliphatic hydroxyl groups excluding tert-OH is 1. The average Bonchev–Trinajstić information content (AvgIpc) is 3.29. The lowest BCUT2D eigenvalue weighted by Crippen LogP contribution is -2.36. The van der Waals surface area contributed by atoms with Crippen LogP contribution in [0.2, 0.25) is 0 Å². The third kappa shape index (κ3) is 2.61. The second-order valence-electron chi connectivity index (χ2n) is 6.83. The van der Waals surface area contributed by atoms with E-state index in [0.717, 1.165) is 5.56 Å². The zero-order chi connectivity index (χ0) is 16.6. The van der Waals surface area contributed by atoms with Crippen LogP contribution in [0.3, 0.4) is 0 Å². The number of aliphatic hydroxyl groups is 1. The van der Waals surface area contributed by atoms with Gasteiger partial charge in [-0.05, 0) is 5.56 Å². The fourth-order valence-electron chi connectivity index (χ4n) is 3.72. The summed E-state index contributed by atoms with van der Waals surface area (Å²) in [6, 6.07) is 10.0. The maximum absolute atomic E-state index is 12.8. The fourth-order valence-corrected chi connectivity index (χ4v) is 3.72. The van der Waals surface area contributed by atoms with E-state index in [9.17, 15) is 9.90 Å². The van der Waals surface area contributed by atoms with Gasteiger partial charge < -0.3 is 14.7 Å². The number of nitrogens with zero attached hydrogens (tertiary/aromatic N) is 3. The van der Waals surface area contributed by atoms with Crippen LogP contribution < -0.4 is 0 Å². The van der Waals surface area contributed by atoms with E-state index >= 15 is 0 Å². The average molecular weight is 327 g/mol. The number of likely N-dealkylation sites (tertiary alicyclic amines) is 1. The molecule has 6 nitrogen and oxygen atoms in total. The normalized spacial score (nSPS) is 25.9. The summed E-state index contributed by atoms with van der Waals surface area (Å²) < 4.78 is 7.28. The summed E-state index contributed by atoms with van der Waals surface area (Å²) >= 11 is 0. The predicted octanol–water partition coefficient (Wildman–Crippen LogP) is 1.01. The van der Waals surface area contributed by atoms with E-state index in [0.29, 0.717) is 38.4 Å². The highest BCUT2D eigenvalue weighted by atomic mass is 16.5. The first kappa shape index (κ1) is 15.4. The molecule has 0 unspecified atom stereocenters. The molecule has 2 fully saturated rings. The van der Waals surface area contributed by atoms with Crippen molar-refractivity contribution in [2.45, 2.75) is 6.54 Å². The number of aromatic nitrogens is 2. The SMILES string of the molecule is O=C(c1cnn(Cc2ccccc2)c1)N1C[C@H]2COC[C@@]2(CO)C1. The molecule has 24 heavy (non-hydrogen) atoms. The fraction of sp³-hybridized carbons (Fsp3) is 0.444. The van der Waals surface area contributed by atoms with Gasteiger partial charge in [0, 0.05) is 30.6 Å². The van der Waals surface area contributed by atoms with Crippen molar-refractivity contribution in [2.75, 3.05) is 32.9 Å². The van der Waals surface area contributed by atoms with Crippen molar-refractivity contribution in [3.63, 3.8) is 0 Å². The second-order valence-corrected chi connectivity index (χ2v) is 6.83. The minimum atomic E-state index is -0.282. The van der Waals surface area contributed by atoms with Gasteiger partial charge in [-0.1, -0.05) is 30.3 Å².